The van der Waals surface area contributed by atoms with Crippen LogP contribution in [0, 0.1) is 11.2 Å². The van der Waals surface area contributed by atoms with Crippen LogP contribution in [-0.2, 0) is 4.79 Å². The minimum atomic E-state index is -1.04. The summed E-state index contributed by atoms with van der Waals surface area (Å²) in [7, 11) is 1.50. The van der Waals surface area contributed by atoms with Crippen molar-refractivity contribution < 1.29 is 13.9 Å². The first kappa shape index (κ1) is 16.5. The van der Waals surface area contributed by atoms with Gasteiger partial charge >= 0.3 is 0 Å². The zero-order valence-corrected chi connectivity index (χ0v) is 14.7. The Morgan fingerprint density at radius 2 is 2.17 bits per heavy atom. The molecular weight excluding hydrogens is 362 g/mol. The molecule has 1 heterocycles. The number of aromatic nitrogens is 1. The summed E-state index contributed by atoms with van der Waals surface area (Å²) < 4.78 is 17.6. The number of benzene rings is 1. The zero-order valence-electron chi connectivity index (χ0n) is 12.3. The van der Waals surface area contributed by atoms with E-state index in [-0.39, 0.29) is 11.7 Å². The summed E-state index contributed by atoms with van der Waals surface area (Å²) in [6.45, 7) is 1.70. The fraction of sp³-hybridized carbons (Fsp3) is 0.333. The van der Waals surface area contributed by atoms with Gasteiger partial charge in [0.25, 0.3) is 0 Å². The van der Waals surface area contributed by atoms with E-state index >= 15 is 0 Å². The number of nitrogens with zero attached hydrogens (tertiary/aromatic N) is 1. The fourth-order valence-electron chi connectivity index (χ4n) is 2.22. The van der Waals surface area contributed by atoms with Gasteiger partial charge in [-0.25, -0.2) is 9.37 Å². The lowest BCUT2D eigenvalue weighted by molar-refractivity contribution is -0.120. The topological polar surface area (TPSA) is 51.2 Å². The van der Waals surface area contributed by atoms with E-state index in [9.17, 15) is 9.18 Å². The third-order valence-corrected chi connectivity index (χ3v) is 5.78. The first-order valence-corrected chi connectivity index (χ1v) is 8.39. The van der Waals surface area contributed by atoms with Crippen LogP contribution in [0.3, 0.4) is 0 Å². The number of hydrogen-bond acceptors (Lipinski definition) is 4. The van der Waals surface area contributed by atoms with Crippen LogP contribution in [0.25, 0.3) is 11.3 Å². The lowest BCUT2D eigenvalue weighted by Crippen LogP contribution is -2.25. The number of rotatable bonds is 4. The summed E-state index contributed by atoms with van der Waals surface area (Å²) >= 11 is 13.2. The molecule has 8 heteroatoms. The molecule has 1 N–H and O–H groups in total. The van der Waals surface area contributed by atoms with E-state index < -0.39 is 9.75 Å². The molecule has 4 nitrogen and oxygen atoms in total. The second-order valence-corrected chi connectivity index (χ2v) is 7.89. The highest BCUT2D eigenvalue weighted by molar-refractivity contribution is 7.14. The Balaban J connectivity index is 1.82. The normalized spacial score (nSPS) is 21.8. The molecular formula is C15H13Cl2FN2O2S. The number of halogens is 3. The molecule has 1 atom stereocenters. The van der Waals surface area contributed by atoms with Crippen molar-refractivity contribution in [1.29, 1.82) is 0 Å². The molecule has 0 radical (unpaired) electrons. The predicted molar refractivity (Wildman–Crippen MR) is 89.9 cm³/mol. The van der Waals surface area contributed by atoms with Gasteiger partial charge in [-0.05, 0) is 31.5 Å². The summed E-state index contributed by atoms with van der Waals surface area (Å²) in [6, 6.07) is 4.18. The number of hydrogen-bond donors (Lipinski definition) is 1. The van der Waals surface area contributed by atoms with Gasteiger partial charge in [0, 0.05) is 10.9 Å². The van der Waals surface area contributed by atoms with Gasteiger partial charge in [0.05, 0.1) is 18.2 Å². The highest BCUT2D eigenvalue weighted by Crippen LogP contribution is 2.64. The van der Waals surface area contributed by atoms with Crippen molar-refractivity contribution in [3.05, 3.63) is 29.4 Å². The SMILES string of the molecule is COc1ccc(F)cc1-c1csc(NC(=O)[C@@]2(C)CC2(Cl)Cl)n1. The van der Waals surface area contributed by atoms with Gasteiger partial charge < -0.3 is 10.1 Å². The molecule has 0 aliphatic heterocycles. The van der Waals surface area contributed by atoms with Crippen LogP contribution in [-0.4, -0.2) is 22.3 Å². The quantitative estimate of drug-likeness (QED) is 0.802. The van der Waals surface area contributed by atoms with Crippen LogP contribution < -0.4 is 10.1 Å². The molecule has 0 saturated heterocycles. The van der Waals surface area contributed by atoms with Crippen molar-refractivity contribution >= 4 is 45.6 Å². The third-order valence-electron chi connectivity index (χ3n) is 3.92. The van der Waals surface area contributed by atoms with Gasteiger partial charge in [0.2, 0.25) is 5.91 Å². The van der Waals surface area contributed by atoms with Crippen LogP contribution in [0.4, 0.5) is 9.52 Å². The molecule has 1 aliphatic carbocycles. The van der Waals surface area contributed by atoms with E-state index in [1.165, 1.54) is 36.6 Å². The number of anilines is 1. The van der Waals surface area contributed by atoms with E-state index in [1.807, 2.05) is 0 Å². The smallest absolute Gasteiger partial charge is 0.235 e. The average Bonchev–Trinajstić information content (AvgIpc) is 2.85. The Morgan fingerprint density at radius 1 is 1.48 bits per heavy atom. The van der Waals surface area contributed by atoms with E-state index in [0.29, 0.717) is 28.6 Å². The van der Waals surface area contributed by atoms with Crippen LogP contribution in [0.2, 0.25) is 0 Å². The van der Waals surface area contributed by atoms with Gasteiger partial charge in [-0.15, -0.1) is 34.5 Å². The van der Waals surface area contributed by atoms with Crippen molar-refractivity contribution in [2.45, 2.75) is 17.7 Å². The largest absolute Gasteiger partial charge is 0.496 e. The summed E-state index contributed by atoms with van der Waals surface area (Å²) in [5.74, 6) is -0.169. The number of carbonyl (C=O) groups is 1. The van der Waals surface area contributed by atoms with Crippen LogP contribution in [0.5, 0.6) is 5.75 Å². The molecule has 1 amide bonds. The average molecular weight is 375 g/mol. The number of nitrogens with one attached hydrogen (secondary N) is 1. The number of thiazole rings is 1. The maximum atomic E-state index is 13.5. The van der Waals surface area contributed by atoms with Crippen molar-refractivity contribution in [2.24, 2.45) is 5.41 Å². The molecule has 122 valence electrons. The van der Waals surface area contributed by atoms with Crippen LogP contribution >= 0.6 is 34.5 Å². The van der Waals surface area contributed by atoms with Gasteiger partial charge in [-0.2, -0.15) is 0 Å². The van der Waals surface area contributed by atoms with Gasteiger partial charge in [0.15, 0.2) is 5.13 Å². The second-order valence-electron chi connectivity index (χ2n) is 5.55. The van der Waals surface area contributed by atoms with Gasteiger partial charge in [-0.1, -0.05) is 0 Å². The number of methoxy groups -OCH3 is 1. The molecule has 1 aromatic heterocycles. The van der Waals surface area contributed by atoms with E-state index in [1.54, 1.807) is 12.3 Å². The molecule has 3 rings (SSSR count). The van der Waals surface area contributed by atoms with E-state index in [0.717, 1.165) is 0 Å². The predicted octanol–water partition coefficient (Wildman–Crippen LogP) is 4.48. The lowest BCUT2D eigenvalue weighted by Gasteiger charge is -2.10. The first-order valence-electron chi connectivity index (χ1n) is 6.75. The minimum absolute atomic E-state index is 0.283. The zero-order chi connectivity index (χ0) is 16.8. The lowest BCUT2D eigenvalue weighted by atomic mass is 10.1. The summed E-state index contributed by atoms with van der Waals surface area (Å²) in [6.07, 6.45) is 0.394. The second kappa shape index (κ2) is 5.61. The standard InChI is InChI=1S/C15H13Cl2FN2O2S/c1-14(7-15(14,16)17)12(21)20-13-19-10(6-23-13)9-5-8(18)3-4-11(9)22-2/h3-6H,7H2,1-2H3,(H,19,20,21)/t14-/m1/s1. The van der Waals surface area contributed by atoms with Crippen molar-refractivity contribution in [3.8, 4) is 17.0 Å². The Bertz CT molecular complexity index is 781. The van der Waals surface area contributed by atoms with E-state index in [2.05, 4.69) is 10.3 Å². The Labute approximate surface area is 146 Å². The van der Waals surface area contributed by atoms with Crippen molar-refractivity contribution in [2.75, 3.05) is 12.4 Å². The maximum absolute atomic E-state index is 13.5. The van der Waals surface area contributed by atoms with Gasteiger partial charge in [-0.3, -0.25) is 4.79 Å². The fourth-order valence-corrected chi connectivity index (χ4v) is 3.63. The summed E-state index contributed by atoms with van der Waals surface area (Å²) in [5.41, 5.74) is 0.218. The maximum Gasteiger partial charge on any atom is 0.235 e. The summed E-state index contributed by atoms with van der Waals surface area (Å²) in [5, 5.41) is 4.82. The number of amides is 1. The molecule has 2 aromatic rings. The number of carbonyl (C=O) groups excluding carboxylic acids is 1. The van der Waals surface area contributed by atoms with Gasteiger partial charge in [0.1, 0.15) is 15.9 Å². The van der Waals surface area contributed by atoms with Crippen LogP contribution in [0.15, 0.2) is 23.6 Å². The molecule has 0 bridgehead atoms. The highest BCUT2D eigenvalue weighted by Gasteiger charge is 2.68. The minimum Gasteiger partial charge on any atom is -0.496 e. The third kappa shape index (κ3) is 2.91. The molecule has 0 spiro atoms. The molecule has 1 fully saturated rings. The Kier molecular flexibility index (Phi) is 4.02. The van der Waals surface area contributed by atoms with E-state index in [4.69, 9.17) is 27.9 Å². The Morgan fingerprint density at radius 3 is 2.78 bits per heavy atom. The molecule has 1 aliphatic rings. The molecule has 0 unspecified atom stereocenters. The van der Waals surface area contributed by atoms with Crippen molar-refractivity contribution in [1.82, 2.24) is 4.98 Å². The molecule has 1 saturated carbocycles. The number of alkyl halides is 2. The van der Waals surface area contributed by atoms with Crippen molar-refractivity contribution in [3.63, 3.8) is 0 Å². The molecule has 1 aromatic carbocycles. The first-order chi connectivity index (χ1) is 10.8. The highest BCUT2D eigenvalue weighted by atomic mass is 35.5. The number of ether oxygens (including phenoxy) is 1. The van der Waals surface area contributed by atoms with Crippen LogP contribution in [0.1, 0.15) is 13.3 Å². The Hall–Kier alpha value is -1.37. The molecule has 23 heavy (non-hydrogen) atoms. The summed E-state index contributed by atoms with van der Waals surface area (Å²) in [4.78, 5) is 16.6. The monoisotopic (exact) mass is 374 g/mol.